The molecule has 25 heavy (non-hydrogen) atoms. The van der Waals surface area contributed by atoms with Crippen molar-refractivity contribution >= 4 is 17.6 Å². The highest BCUT2D eigenvalue weighted by atomic mass is 35.5. The van der Waals surface area contributed by atoms with E-state index in [0.29, 0.717) is 0 Å². The SMILES string of the molecule is CN=C(NCCCCN1CCCCC1C)N(C)Cc1cc(Cl)cn1C. The van der Waals surface area contributed by atoms with Crippen molar-refractivity contribution in [3.8, 4) is 0 Å². The Morgan fingerprint density at radius 2 is 2.20 bits per heavy atom. The summed E-state index contributed by atoms with van der Waals surface area (Å²) in [7, 11) is 5.92. The zero-order valence-corrected chi connectivity index (χ0v) is 17.0. The van der Waals surface area contributed by atoms with Crippen molar-refractivity contribution < 1.29 is 0 Å². The van der Waals surface area contributed by atoms with E-state index in [9.17, 15) is 0 Å². The minimum atomic E-state index is 0.762. The summed E-state index contributed by atoms with van der Waals surface area (Å²) in [6.07, 6.45) is 8.47. The maximum Gasteiger partial charge on any atom is 0.193 e. The number of halogens is 1. The van der Waals surface area contributed by atoms with Crippen molar-refractivity contribution in [2.45, 2.75) is 51.6 Å². The van der Waals surface area contributed by atoms with Gasteiger partial charge in [0.25, 0.3) is 0 Å². The molecule has 5 nitrogen and oxygen atoms in total. The molecule has 0 saturated carbocycles. The molecule has 2 heterocycles. The van der Waals surface area contributed by atoms with Crippen molar-refractivity contribution in [2.24, 2.45) is 12.0 Å². The van der Waals surface area contributed by atoms with Crippen molar-refractivity contribution in [3.05, 3.63) is 23.0 Å². The highest BCUT2D eigenvalue weighted by molar-refractivity contribution is 6.30. The Balaban J connectivity index is 1.68. The second kappa shape index (κ2) is 10.1. The molecule has 1 aliphatic rings. The molecule has 1 atom stereocenters. The van der Waals surface area contributed by atoms with Gasteiger partial charge in [-0.2, -0.15) is 0 Å². The summed E-state index contributed by atoms with van der Waals surface area (Å²) in [5.74, 6) is 0.934. The van der Waals surface area contributed by atoms with Crippen LogP contribution in [0.5, 0.6) is 0 Å². The lowest BCUT2D eigenvalue weighted by molar-refractivity contribution is 0.158. The van der Waals surface area contributed by atoms with Crippen molar-refractivity contribution in [3.63, 3.8) is 0 Å². The zero-order valence-electron chi connectivity index (χ0n) is 16.3. The monoisotopic (exact) mass is 367 g/mol. The number of nitrogens with one attached hydrogen (secondary N) is 1. The van der Waals surface area contributed by atoms with Gasteiger partial charge < -0.3 is 19.7 Å². The third-order valence-electron chi connectivity index (χ3n) is 5.14. The molecule has 142 valence electrons. The van der Waals surface area contributed by atoms with E-state index < -0.39 is 0 Å². The van der Waals surface area contributed by atoms with E-state index >= 15 is 0 Å². The van der Waals surface area contributed by atoms with Crippen molar-refractivity contribution in [2.75, 3.05) is 33.7 Å². The van der Waals surface area contributed by atoms with Crippen LogP contribution < -0.4 is 5.32 Å². The second-order valence-corrected chi connectivity index (χ2v) is 7.61. The van der Waals surface area contributed by atoms with Crippen LogP contribution in [0.1, 0.15) is 44.7 Å². The summed E-state index contributed by atoms with van der Waals surface area (Å²) in [6, 6.07) is 2.77. The lowest BCUT2D eigenvalue weighted by atomic mass is 10.0. The number of nitrogens with zero attached hydrogens (tertiary/aromatic N) is 4. The summed E-state index contributed by atoms with van der Waals surface area (Å²) in [4.78, 5) is 9.18. The fourth-order valence-electron chi connectivity index (χ4n) is 3.56. The first-order valence-corrected chi connectivity index (χ1v) is 9.85. The number of rotatable bonds is 7. The minimum absolute atomic E-state index is 0.762. The van der Waals surface area contributed by atoms with Gasteiger partial charge in [-0.25, -0.2) is 0 Å². The molecule has 1 aromatic rings. The van der Waals surface area contributed by atoms with Crippen LogP contribution in [0.3, 0.4) is 0 Å². The first-order valence-electron chi connectivity index (χ1n) is 9.48. The van der Waals surface area contributed by atoms with Gasteiger partial charge in [0.15, 0.2) is 5.96 Å². The Hall–Kier alpha value is -1.20. The Morgan fingerprint density at radius 3 is 2.84 bits per heavy atom. The van der Waals surface area contributed by atoms with E-state index in [1.807, 2.05) is 26.4 Å². The predicted molar refractivity (Wildman–Crippen MR) is 107 cm³/mol. The van der Waals surface area contributed by atoms with E-state index in [2.05, 4.69) is 38.6 Å². The lowest BCUT2D eigenvalue weighted by Gasteiger charge is -2.33. The number of piperidine rings is 1. The standard InChI is InChI=1S/C19H34ClN5/c1-16-9-5-7-11-25(16)12-8-6-10-22-19(21-2)24(4)15-18-13-17(20)14-23(18)3/h13-14,16H,5-12,15H2,1-4H3,(H,21,22). The maximum absolute atomic E-state index is 6.07. The average Bonchev–Trinajstić information content (AvgIpc) is 2.89. The highest BCUT2D eigenvalue weighted by Crippen LogP contribution is 2.16. The Labute approximate surface area is 158 Å². The van der Waals surface area contributed by atoms with Gasteiger partial charge in [0, 0.05) is 45.6 Å². The van der Waals surface area contributed by atoms with E-state index in [0.717, 1.165) is 30.1 Å². The normalized spacial score (nSPS) is 19.2. The first-order chi connectivity index (χ1) is 12.0. The Kier molecular flexibility index (Phi) is 8.10. The van der Waals surface area contributed by atoms with Crippen LogP contribution in [0.2, 0.25) is 5.02 Å². The zero-order chi connectivity index (χ0) is 18.2. The second-order valence-electron chi connectivity index (χ2n) is 7.18. The Bertz CT molecular complexity index is 554. The largest absolute Gasteiger partial charge is 0.356 e. The minimum Gasteiger partial charge on any atom is -0.356 e. The van der Waals surface area contributed by atoms with Crippen LogP contribution in [0.25, 0.3) is 0 Å². The molecule has 1 aromatic heterocycles. The molecule has 1 fully saturated rings. The van der Waals surface area contributed by atoms with Gasteiger partial charge in [0.1, 0.15) is 0 Å². The summed E-state index contributed by atoms with van der Waals surface area (Å²) in [6.45, 7) is 6.61. The van der Waals surface area contributed by atoms with Gasteiger partial charge in [-0.05, 0) is 51.8 Å². The predicted octanol–water partition coefficient (Wildman–Crippen LogP) is 3.34. The van der Waals surface area contributed by atoms with Crippen LogP contribution in [0.15, 0.2) is 17.3 Å². The molecule has 0 radical (unpaired) electrons. The number of unbranched alkanes of at least 4 members (excludes halogenated alkanes) is 1. The lowest BCUT2D eigenvalue weighted by Crippen LogP contribution is -2.40. The molecule has 1 saturated heterocycles. The van der Waals surface area contributed by atoms with Crippen LogP contribution in [0.4, 0.5) is 0 Å². The number of aryl methyl sites for hydroxylation is 1. The van der Waals surface area contributed by atoms with E-state index in [1.54, 1.807) is 0 Å². The van der Waals surface area contributed by atoms with E-state index in [4.69, 9.17) is 11.6 Å². The van der Waals surface area contributed by atoms with Gasteiger partial charge in [-0.1, -0.05) is 18.0 Å². The van der Waals surface area contributed by atoms with Crippen molar-refractivity contribution in [1.82, 2.24) is 19.7 Å². The molecular formula is C19H34ClN5. The first kappa shape index (κ1) is 20.1. The topological polar surface area (TPSA) is 35.8 Å². The van der Waals surface area contributed by atoms with Gasteiger partial charge in [0.2, 0.25) is 0 Å². The van der Waals surface area contributed by atoms with Gasteiger partial charge in [-0.15, -0.1) is 0 Å². The maximum atomic E-state index is 6.07. The fraction of sp³-hybridized carbons (Fsp3) is 0.737. The number of aliphatic imine (C=N–C) groups is 1. The molecule has 0 spiro atoms. The molecule has 1 unspecified atom stereocenters. The van der Waals surface area contributed by atoms with Crippen LogP contribution in [-0.2, 0) is 13.6 Å². The fourth-order valence-corrected chi connectivity index (χ4v) is 3.83. The quantitative estimate of drug-likeness (QED) is 0.456. The highest BCUT2D eigenvalue weighted by Gasteiger charge is 2.17. The molecule has 1 N–H and O–H groups in total. The number of hydrogen-bond acceptors (Lipinski definition) is 2. The molecule has 0 aromatic carbocycles. The summed E-state index contributed by atoms with van der Waals surface area (Å²) in [5, 5.41) is 4.26. The molecule has 1 aliphatic heterocycles. The summed E-state index contributed by atoms with van der Waals surface area (Å²) >= 11 is 6.07. The number of hydrogen-bond donors (Lipinski definition) is 1. The van der Waals surface area contributed by atoms with Gasteiger partial charge in [0.05, 0.1) is 11.6 Å². The molecule has 6 heteroatoms. The third kappa shape index (κ3) is 6.23. The van der Waals surface area contributed by atoms with Crippen molar-refractivity contribution in [1.29, 1.82) is 0 Å². The average molecular weight is 368 g/mol. The smallest absolute Gasteiger partial charge is 0.193 e. The Morgan fingerprint density at radius 1 is 1.40 bits per heavy atom. The third-order valence-corrected chi connectivity index (χ3v) is 5.35. The molecule has 2 rings (SSSR count). The van der Waals surface area contributed by atoms with E-state index in [1.165, 1.54) is 50.9 Å². The van der Waals surface area contributed by atoms with E-state index in [-0.39, 0.29) is 0 Å². The molecule has 0 amide bonds. The number of aromatic nitrogens is 1. The summed E-state index contributed by atoms with van der Waals surface area (Å²) < 4.78 is 2.06. The van der Waals surface area contributed by atoms with Crippen LogP contribution in [0, 0.1) is 0 Å². The van der Waals surface area contributed by atoms with Crippen LogP contribution in [-0.4, -0.2) is 60.1 Å². The molecule has 0 aliphatic carbocycles. The molecule has 0 bridgehead atoms. The van der Waals surface area contributed by atoms with Gasteiger partial charge >= 0.3 is 0 Å². The van der Waals surface area contributed by atoms with Crippen LogP contribution >= 0.6 is 11.6 Å². The summed E-state index contributed by atoms with van der Waals surface area (Å²) in [5.41, 5.74) is 1.18. The molecular weight excluding hydrogens is 334 g/mol. The number of likely N-dealkylation sites (tertiary alicyclic amines) is 1. The van der Waals surface area contributed by atoms with Gasteiger partial charge in [-0.3, -0.25) is 4.99 Å². The number of guanidine groups is 1.